The zero-order valence-corrected chi connectivity index (χ0v) is 11.8. The Morgan fingerprint density at radius 2 is 1.94 bits per heavy atom. The molecule has 0 aliphatic carbocycles. The van der Waals surface area contributed by atoms with E-state index in [0.29, 0.717) is 6.54 Å². The zero-order chi connectivity index (χ0) is 13.4. The summed E-state index contributed by atoms with van der Waals surface area (Å²) in [5, 5.41) is 9.12. The number of rotatable bonds is 4. The van der Waals surface area contributed by atoms with E-state index in [-0.39, 0.29) is 24.3 Å². The van der Waals surface area contributed by atoms with Gasteiger partial charge in [-0.25, -0.2) is 0 Å². The standard InChI is InChI=1S/C13H25NO3/c1-9(8-15)14(6)7-10-11(16)13(4,5)17-12(10,2)3/h9-10,15H,7-8H2,1-6H3. The van der Waals surface area contributed by atoms with Gasteiger partial charge in [-0.3, -0.25) is 4.79 Å². The van der Waals surface area contributed by atoms with Crippen LogP contribution >= 0.6 is 0 Å². The number of likely N-dealkylation sites (N-methyl/N-ethyl adjacent to an activating group) is 1. The lowest BCUT2D eigenvalue weighted by Gasteiger charge is -2.31. The fourth-order valence-electron chi connectivity index (χ4n) is 2.42. The number of Topliss-reactive ketones (excluding diaryl/α,β-unsaturated/α-hetero) is 1. The van der Waals surface area contributed by atoms with E-state index in [1.807, 2.05) is 46.6 Å². The van der Waals surface area contributed by atoms with Crippen LogP contribution in [-0.4, -0.2) is 53.2 Å². The Bertz CT molecular complexity index is 299. The minimum atomic E-state index is -0.697. The fourth-order valence-corrected chi connectivity index (χ4v) is 2.42. The van der Waals surface area contributed by atoms with Gasteiger partial charge in [0.05, 0.1) is 18.1 Å². The largest absolute Gasteiger partial charge is 0.395 e. The molecule has 1 N–H and O–H groups in total. The third-order valence-electron chi connectivity index (χ3n) is 3.75. The van der Waals surface area contributed by atoms with Gasteiger partial charge in [0.25, 0.3) is 0 Å². The molecular weight excluding hydrogens is 218 g/mol. The van der Waals surface area contributed by atoms with E-state index in [0.717, 1.165) is 0 Å². The first-order valence-corrected chi connectivity index (χ1v) is 6.17. The Morgan fingerprint density at radius 3 is 2.29 bits per heavy atom. The van der Waals surface area contributed by atoms with E-state index >= 15 is 0 Å². The summed E-state index contributed by atoms with van der Waals surface area (Å²) in [6.45, 7) is 10.2. The molecule has 100 valence electrons. The predicted molar refractivity (Wildman–Crippen MR) is 66.9 cm³/mol. The van der Waals surface area contributed by atoms with Crippen LogP contribution in [0.2, 0.25) is 0 Å². The Morgan fingerprint density at radius 1 is 1.41 bits per heavy atom. The maximum Gasteiger partial charge on any atom is 0.171 e. The first-order valence-electron chi connectivity index (χ1n) is 6.17. The van der Waals surface area contributed by atoms with Gasteiger partial charge in [-0.2, -0.15) is 0 Å². The van der Waals surface area contributed by atoms with Gasteiger partial charge in [-0.1, -0.05) is 0 Å². The van der Waals surface area contributed by atoms with Crippen molar-refractivity contribution in [3.8, 4) is 0 Å². The van der Waals surface area contributed by atoms with Crippen molar-refractivity contribution >= 4 is 5.78 Å². The van der Waals surface area contributed by atoms with Crippen molar-refractivity contribution < 1.29 is 14.6 Å². The molecule has 1 saturated heterocycles. The van der Waals surface area contributed by atoms with Gasteiger partial charge >= 0.3 is 0 Å². The third-order valence-corrected chi connectivity index (χ3v) is 3.75. The maximum atomic E-state index is 12.3. The number of hydrogen-bond acceptors (Lipinski definition) is 4. The summed E-state index contributed by atoms with van der Waals surface area (Å²) >= 11 is 0. The second-order valence-electron chi connectivity index (χ2n) is 6.10. The summed E-state index contributed by atoms with van der Waals surface area (Å²) in [5.41, 5.74) is -1.14. The van der Waals surface area contributed by atoms with Gasteiger partial charge in [-0.15, -0.1) is 0 Å². The van der Waals surface area contributed by atoms with Crippen molar-refractivity contribution in [2.75, 3.05) is 20.2 Å². The van der Waals surface area contributed by atoms with Crippen molar-refractivity contribution in [2.24, 2.45) is 5.92 Å². The van der Waals surface area contributed by atoms with Crippen LogP contribution in [0.5, 0.6) is 0 Å². The van der Waals surface area contributed by atoms with Crippen molar-refractivity contribution in [1.29, 1.82) is 0 Å². The second kappa shape index (κ2) is 4.67. The van der Waals surface area contributed by atoms with Crippen molar-refractivity contribution in [3.05, 3.63) is 0 Å². The lowest BCUT2D eigenvalue weighted by molar-refractivity contribution is -0.132. The highest BCUT2D eigenvalue weighted by Crippen LogP contribution is 2.39. The summed E-state index contributed by atoms with van der Waals surface area (Å²) in [4.78, 5) is 14.3. The summed E-state index contributed by atoms with van der Waals surface area (Å²) in [7, 11) is 1.93. The smallest absolute Gasteiger partial charge is 0.171 e. The van der Waals surface area contributed by atoms with Gasteiger partial charge in [0.2, 0.25) is 0 Å². The number of aliphatic hydroxyl groups excluding tert-OH is 1. The molecule has 1 aliphatic rings. The molecule has 0 saturated carbocycles. The van der Waals surface area contributed by atoms with Crippen LogP contribution in [0.15, 0.2) is 0 Å². The number of carbonyl (C=O) groups is 1. The average Bonchev–Trinajstić information content (AvgIpc) is 2.35. The SMILES string of the molecule is CC(CO)N(C)CC1C(=O)C(C)(C)OC1(C)C. The molecule has 2 unspecified atom stereocenters. The minimum Gasteiger partial charge on any atom is -0.395 e. The molecule has 1 fully saturated rings. The number of hydrogen-bond donors (Lipinski definition) is 1. The Hall–Kier alpha value is -0.450. The van der Waals surface area contributed by atoms with Crippen molar-refractivity contribution in [2.45, 2.75) is 51.9 Å². The molecule has 0 bridgehead atoms. The highest BCUT2D eigenvalue weighted by atomic mass is 16.5. The lowest BCUT2D eigenvalue weighted by Crippen LogP contribution is -2.43. The fraction of sp³-hybridized carbons (Fsp3) is 0.923. The first kappa shape index (κ1) is 14.6. The monoisotopic (exact) mass is 243 g/mol. The molecule has 1 heterocycles. The highest BCUT2D eigenvalue weighted by Gasteiger charge is 2.53. The Labute approximate surface area is 104 Å². The first-order chi connectivity index (χ1) is 7.62. The number of ketones is 1. The van der Waals surface area contributed by atoms with E-state index < -0.39 is 11.2 Å². The van der Waals surface area contributed by atoms with Gasteiger partial charge in [0.15, 0.2) is 5.78 Å². The molecule has 1 rings (SSSR count). The van der Waals surface area contributed by atoms with Crippen LogP contribution in [0.3, 0.4) is 0 Å². The Balaban J connectivity index is 2.80. The van der Waals surface area contributed by atoms with E-state index in [1.54, 1.807) is 0 Å². The van der Waals surface area contributed by atoms with Crippen LogP contribution in [0, 0.1) is 5.92 Å². The molecule has 0 spiro atoms. The topological polar surface area (TPSA) is 49.8 Å². The molecule has 4 heteroatoms. The quantitative estimate of drug-likeness (QED) is 0.802. The molecule has 1 aliphatic heterocycles. The predicted octanol–water partition coefficient (Wildman–Crippen LogP) is 1.07. The zero-order valence-electron chi connectivity index (χ0n) is 11.8. The molecular formula is C13H25NO3. The van der Waals surface area contributed by atoms with E-state index in [2.05, 4.69) is 0 Å². The molecule has 0 aromatic carbocycles. The normalized spacial score (nSPS) is 28.7. The summed E-state index contributed by atoms with van der Waals surface area (Å²) in [6, 6.07) is 0.0577. The summed E-state index contributed by atoms with van der Waals surface area (Å²) in [6.07, 6.45) is 0. The highest BCUT2D eigenvalue weighted by molar-refractivity contribution is 5.91. The van der Waals surface area contributed by atoms with Crippen molar-refractivity contribution in [3.63, 3.8) is 0 Å². The number of carbonyl (C=O) groups excluding carboxylic acids is 1. The molecule has 0 aromatic heterocycles. The van der Waals surface area contributed by atoms with Gasteiger partial charge in [0.1, 0.15) is 5.60 Å². The van der Waals surface area contributed by atoms with E-state index in [9.17, 15) is 4.79 Å². The third kappa shape index (κ3) is 2.87. The van der Waals surface area contributed by atoms with Crippen LogP contribution in [-0.2, 0) is 9.53 Å². The Kier molecular flexibility index (Phi) is 4.01. The molecule has 17 heavy (non-hydrogen) atoms. The van der Waals surface area contributed by atoms with Gasteiger partial charge in [0, 0.05) is 12.6 Å². The van der Waals surface area contributed by atoms with Gasteiger partial charge < -0.3 is 14.7 Å². The van der Waals surface area contributed by atoms with Crippen LogP contribution < -0.4 is 0 Å². The number of nitrogens with zero attached hydrogens (tertiary/aromatic N) is 1. The maximum absolute atomic E-state index is 12.3. The molecule has 0 aromatic rings. The molecule has 4 nitrogen and oxygen atoms in total. The van der Waals surface area contributed by atoms with Crippen molar-refractivity contribution in [1.82, 2.24) is 4.90 Å². The molecule has 0 amide bonds. The summed E-state index contributed by atoms with van der Waals surface area (Å²) in [5.74, 6) is 0.0102. The van der Waals surface area contributed by atoms with Crippen LogP contribution in [0.25, 0.3) is 0 Å². The minimum absolute atomic E-state index is 0.0577. The number of ether oxygens (including phenoxy) is 1. The van der Waals surface area contributed by atoms with E-state index in [1.165, 1.54) is 0 Å². The van der Waals surface area contributed by atoms with E-state index in [4.69, 9.17) is 9.84 Å². The van der Waals surface area contributed by atoms with Gasteiger partial charge in [-0.05, 0) is 41.7 Å². The molecule has 2 atom stereocenters. The molecule has 0 radical (unpaired) electrons. The average molecular weight is 243 g/mol. The number of aliphatic hydroxyl groups is 1. The lowest BCUT2D eigenvalue weighted by atomic mass is 9.85. The second-order valence-corrected chi connectivity index (χ2v) is 6.10. The van der Waals surface area contributed by atoms with Crippen LogP contribution in [0.4, 0.5) is 0 Å². The summed E-state index contributed by atoms with van der Waals surface area (Å²) < 4.78 is 5.84. The van der Waals surface area contributed by atoms with Crippen LogP contribution in [0.1, 0.15) is 34.6 Å².